The molecular formula is C23H26N4O2. The van der Waals surface area contributed by atoms with Crippen molar-refractivity contribution in [1.29, 1.82) is 0 Å². The molecule has 1 saturated heterocycles. The number of fused-ring (bicyclic) bond motifs is 1. The molecule has 0 atom stereocenters. The molecule has 3 aromatic rings. The Morgan fingerprint density at radius 2 is 1.83 bits per heavy atom. The van der Waals surface area contributed by atoms with Gasteiger partial charge in [-0.05, 0) is 29.8 Å². The molecule has 0 bridgehead atoms. The molecule has 0 unspecified atom stereocenters. The van der Waals surface area contributed by atoms with Crippen LogP contribution >= 0.6 is 0 Å². The molecule has 4 rings (SSSR count). The van der Waals surface area contributed by atoms with Gasteiger partial charge in [0.2, 0.25) is 0 Å². The molecule has 0 spiro atoms. The largest absolute Gasteiger partial charge is 0.383 e. The SMILES string of the molecule is COCCN1CCN(C(=O)c2ccc(/C=C/c3n[nH]c4ccccc34)cc2)CC1. The van der Waals surface area contributed by atoms with Gasteiger partial charge in [0.15, 0.2) is 0 Å². The molecule has 1 aromatic heterocycles. The number of amides is 1. The van der Waals surface area contributed by atoms with Gasteiger partial charge in [0, 0.05) is 50.8 Å². The van der Waals surface area contributed by atoms with Crippen LogP contribution in [0.5, 0.6) is 0 Å². The molecule has 1 amide bonds. The van der Waals surface area contributed by atoms with Crippen molar-refractivity contribution in [1.82, 2.24) is 20.0 Å². The van der Waals surface area contributed by atoms with E-state index in [-0.39, 0.29) is 5.91 Å². The molecule has 2 aromatic carbocycles. The van der Waals surface area contributed by atoms with Crippen LogP contribution in [0.2, 0.25) is 0 Å². The number of rotatable bonds is 6. The van der Waals surface area contributed by atoms with Crippen molar-refractivity contribution in [3.05, 3.63) is 65.4 Å². The summed E-state index contributed by atoms with van der Waals surface area (Å²) in [5.41, 5.74) is 3.71. The lowest BCUT2D eigenvalue weighted by molar-refractivity contribution is 0.0594. The van der Waals surface area contributed by atoms with E-state index in [0.29, 0.717) is 0 Å². The molecule has 1 fully saturated rings. The van der Waals surface area contributed by atoms with Gasteiger partial charge >= 0.3 is 0 Å². The topological polar surface area (TPSA) is 61.5 Å². The highest BCUT2D eigenvalue weighted by molar-refractivity contribution is 5.95. The molecule has 6 nitrogen and oxygen atoms in total. The highest BCUT2D eigenvalue weighted by atomic mass is 16.5. The Kier molecular flexibility index (Phi) is 6.03. The molecule has 0 radical (unpaired) electrons. The first-order valence-electron chi connectivity index (χ1n) is 9.96. The number of aromatic nitrogens is 2. The fourth-order valence-electron chi connectivity index (χ4n) is 3.60. The summed E-state index contributed by atoms with van der Waals surface area (Å²) in [6.45, 7) is 4.97. The summed E-state index contributed by atoms with van der Waals surface area (Å²) >= 11 is 0. The monoisotopic (exact) mass is 390 g/mol. The number of nitrogens with zero attached hydrogens (tertiary/aromatic N) is 3. The predicted octanol–water partition coefficient (Wildman–Crippen LogP) is 3.14. The van der Waals surface area contributed by atoms with Gasteiger partial charge in [0.1, 0.15) is 0 Å². The molecule has 1 N–H and O–H groups in total. The lowest BCUT2D eigenvalue weighted by Crippen LogP contribution is -2.49. The van der Waals surface area contributed by atoms with E-state index in [1.807, 2.05) is 59.5 Å². The molecular weight excluding hydrogens is 364 g/mol. The second-order valence-electron chi connectivity index (χ2n) is 7.24. The highest BCUT2D eigenvalue weighted by Gasteiger charge is 2.21. The van der Waals surface area contributed by atoms with Gasteiger partial charge in [0.05, 0.1) is 17.8 Å². The summed E-state index contributed by atoms with van der Waals surface area (Å²) in [5.74, 6) is 0.102. The second-order valence-corrected chi connectivity index (χ2v) is 7.24. The smallest absolute Gasteiger partial charge is 0.253 e. The molecule has 2 heterocycles. The van der Waals surface area contributed by atoms with E-state index in [0.717, 1.165) is 67.1 Å². The summed E-state index contributed by atoms with van der Waals surface area (Å²) in [6, 6.07) is 15.8. The van der Waals surface area contributed by atoms with Crippen molar-refractivity contribution in [3.8, 4) is 0 Å². The molecule has 6 heteroatoms. The predicted molar refractivity (Wildman–Crippen MR) is 116 cm³/mol. The number of carbonyl (C=O) groups excluding carboxylic acids is 1. The minimum atomic E-state index is 0.102. The van der Waals surface area contributed by atoms with E-state index in [9.17, 15) is 4.79 Å². The van der Waals surface area contributed by atoms with Crippen LogP contribution in [0, 0.1) is 0 Å². The van der Waals surface area contributed by atoms with Crippen molar-refractivity contribution < 1.29 is 9.53 Å². The maximum absolute atomic E-state index is 12.8. The third-order valence-electron chi connectivity index (χ3n) is 5.36. The third-order valence-corrected chi connectivity index (χ3v) is 5.36. The number of carbonyl (C=O) groups is 1. The Balaban J connectivity index is 1.37. The number of para-hydroxylation sites is 1. The molecule has 0 saturated carbocycles. The van der Waals surface area contributed by atoms with Gasteiger partial charge in [-0.15, -0.1) is 0 Å². The quantitative estimate of drug-likeness (QED) is 0.702. The van der Waals surface area contributed by atoms with Gasteiger partial charge in [-0.1, -0.05) is 36.4 Å². The minimum absolute atomic E-state index is 0.102. The molecule has 29 heavy (non-hydrogen) atoms. The van der Waals surface area contributed by atoms with Crippen LogP contribution in [0.1, 0.15) is 21.6 Å². The van der Waals surface area contributed by atoms with Crippen LogP contribution in [0.15, 0.2) is 48.5 Å². The number of H-pyrrole nitrogens is 1. The maximum atomic E-state index is 12.8. The van der Waals surface area contributed by atoms with E-state index in [1.54, 1.807) is 7.11 Å². The van der Waals surface area contributed by atoms with Gasteiger partial charge in [-0.2, -0.15) is 5.10 Å². The van der Waals surface area contributed by atoms with Crippen molar-refractivity contribution in [3.63, 3.8) is 0 Å². The minimum Gasteiger partial charge on any atom is -0.383 e. The molecule has 150 valence electrons. The fourth-order valence-corrected chi connectivity index (χ4v) is 3.60. The standard InChI is InChI=1S/C23H26N4O2/c1-29-17-16-26-12-14-27(15-13-26)23(28)19-9-6-18(7-10-19)8-11-22-20-4-2-3-5-21(20)24-25-22/h2-11H,12-17H2,1H3,(H,24,25)/b11-8+. The van der Waals surface area contributed by atoms with Crippen LogP contribution in [0.25, 0.3) is 23.1 Å². The Morgan fingerprint density at radius 1 is 1.07 bits per heavy atom. The van der Waals surface area contributed by atoms with Crippen molar-refractivity contribution in [2.45, 2.75) is 0 Å². The van der Waals surface area contributed by atoms with Gasteiger partial charge in [-0.3, -0.25) is 14.8 Å². The zero-order chi connectivity index (χ0) is 20.1. The number of piperazine rings is 1. The Labute approximate surface area is 170 Å². The highest BCUT2D eigenvalue weighted by Crippen LogP contribution is 2.18. The lowest BCUT2D eigenvalue weighted by atomic mass is 10.1. The first kappa shape index (κ1) is 19.4. The van der Waals surface area contributed by atoms with Crippen molar-refractivity contribution in [2.24, 2.45) is 0 Å². The van der Waals surface area contributed by atoms with Crippen LogP contribution in [-0.2, 0) is 4.74 Å². The molecule has 0 aliphatic carbocycles. The number of nitrogens with one attached hydrogen (secondary N) is 1. The lowest BCUT2D eigenvalue weighted by Gasteiger charge is -2.34. The van der Waals surface area contributed by atoms with E-state index >= 15 is 0 Å². The second kappa shape index (κ2) is 9.03. The average molecular weight is 390 g/mol. The first-order chi connectivity index (χ1) is 14.2. The average Bonchev–Trinajstić information content (AvgIpc) is 3.20. The first-order valence-corrected chi connectivity index (χ1v) is 9.96. The number of hydrogen-bond donors (Lipinski definition) is 1. The van der Waals surface area contributed by atoms with Gasteiger partial charge in [-0.25, -0.2) is 0 Å². The summed E-state index contributed by atoms with van der Waals surface area (Å²) in [6.07, 6.45) is 4.01. The number of ether oxygens (including phenoxy) is 1. The maximum Gasteiger partial charge on any atom is 0.253 e. The number of hydrogen-bond acceptors (Lipinski definition) is 4. The van der Waals surface area contributed by atoms with Crippen LogP contribution in [0.4, 0.5) is 0 Å². The van der Waals surface area contributed by atoms with Crippen molar-refractivity contribution in [2.75, 3.05) is 46.4 Å². The van der Waals surface area contributed by atoms with Crippen LogP contribution < -0.4 is 0 Å². The van der Waals surface area contributed by atoms with E-state index in [1.165, 1.54) is 0 Å². The summed E-state index contributed by atoms with van der Waals surface area (Å²) in [7, 11) is 1.72. The van der Waals surface area contributed by atoms with Gasteiger partial charge in [0.25, 0.3) is 5.91 Å². The normalized spacial score (nSPS) is 15.4. The Hall–Kier alpha value is -2.96. The van der Waals surface area contributed by atoms with E-state index < -0.39 is 0 Å². The molecule has 1 aliphatic rings. The van der Waals surface area contributed by atoms with Crippen molar-refractivity contribution >= 4 is 29.0 Å². The number of benzene rings is 2. The third kappa shape index (κ3) is 4.55. The summed E-state index contributed by atoms with van der Waals surface area (Å²) in [4.78, 5) is 17.0. The zero-order valence-electron chi connectivity index (χ0n) is 16.7. The number of methoxy groups -OCH3 is 1. The van der Waals surface area contributed by atoms with E-state index in [4.69, 9.17) is 4.74 Å². The van der Waals surface area contributed by atoms with E-state index in [2.05, 4.69) is 21.2 Å². The van der Waals surface area contributed by atoms with Crippen LogP contribution in [0.3, 0.4) is 0 Å². The Morgan fingerprint density at radius 3 is 2.59 bits per heavy atom. The van der Waals surface area contributed by atoms with Crippen LogP contribution in [-0.4, -0.2) is 72.3 Å². The number of aromatic amines is 1. The molecule has 1 aliphatic heterocycles. The summed E-state index contributed by atoms with van der Waals surface area (Å²) < 4.78 is 5.13. The van der Waals surface area contributed by atoms with Gasteiger partial charge < -0.3 is 9.64 Å². The zero-order valence-corrected chi connectivity index (χ0v) is 16.7. The summed E-state index contributed by atoms with van der Waals surface area (Å²) in [5, 5.41) is 8.49. The fraction of sp³-hybridized carbons (Fsp3) is 0.304. The Bertz CT molecular complexity index is 986.